The minimum absolute atomic E-state index is 0.0739. The van der Waals surface area contributed by atoms with Gasteiger partial charge in [0.1, 0.15) is 0 Å². The van der Waals surface area contributed by atoms with E-state index in [0.717, 1.165) is 17.4 Å². The molecule has 0 aliphatic carbocycles. The van der Waals surface area contributed by atoms with Crippen LogP contribution in [0, 0.1) is 5.92 Å². The van der Waals surface area contributed by atoms with Crippen LogP contribution in [-0.4, -0.2) is 26.1 Å². The second-order valence-corrected chi connectivity index (χ2v) is 7.49. The van der Waals surface area contributed by atoms with Gasteiger partial charge in [-0.15, -0.1) is 0 Å². The highest BCUT2D eigenvalue weighted by Crippen LogP contribution is 2.39. The van der Waals surface area contributed by atoms with Crippen molar-refractivity contribution in [3.05, 3.63) is 54.1 Å². The molecule has 3 rings (SSSR count). The van der Waals surface area contributed by atoms with Crippen LogP contribution in [0.2, 0.25) is 0 Å². The summed E-state index contributed by atoms with van der Waals surface area (Å²) in [6, 6.07) is 11.1. The van der Waals surface area contributed by atoms with Gasteiger partial charge in [0.2, 0.25) is 0 Å². The third-order valence-electron chi connectivity index (χ3n) is 4.43. The summed E-state index contributed by atoms with van der Waals surface area (Å²) in [6.07, 6.45) is 4.01. The van der Waals surface area contributed by atoms with Gasteiger partial charge in [0.05, 0.1) is 17.8 Å². The highest BCUT2D eigenvalue weighted by Gasteiger charge is 2.41. The lowest BCUT2D eigenvalue weighted by molar-refractivity contribution is 0.274. The molecular formula is C19H26N4S. The van der Waals surface area contributed by atoms with E-state index in [0.29, 0.717) is 12.0 Å². The molecule has 2 atom stereocenters. The number of aromatic nitrogens is 2. The van der Waals surface area contributed by atoms with Crippen LogP contribution in [0.3, 0.4) is 0 Å². The molecule has 24 heavy (non-hydrogen) atoms. The summed E-state index contributed by atoms with van der Waals surface area (Å²) in [6.45, 7) is 9.83. The molecule has 0 saturated carbocycles. The molecule has 1 aliphatic heterocycles. The van der Waals surface area contributed by atoms with Crippen molar-refractivity contribution >= 4 is 17.3 Å². The second-order valence-electron chi connectivity index (χ2n) is 7.11. The maximum Gasteiger partial charge on any atom is 0.170 e. The quantitative estimate of drug-likeness (QED) is 0.830. The van der Waals surface area contributed by atoms with Gasteiger partial charge in [-0.3, -0.25) is 4.98 Å². The molecule has 4 nitrogen and oxygen atoms in total. The Morgan fingerprint density at radius 1 is 1.17 bits per heavy atom. The van der Waals surface area contributed by atoms with Crippen LogP contribution >= 0.6 is 12.2 Å². The minimum atomic E-state index is 0.0739. The second kappa shape index (κ2) is 6.93. The molecule has 0 radical (unpaired) electrons. The van der Waals surface area contributed by atoms with Gasteiger partial charge in [-0.05, 0) is 56.2 Å². The molecule has 1 fully saturated rings. The number of nitrogens with one attached hydrogen (secondary N) is 1. The van der Waals surface area contributed by atoms with Gasteiger partial charge in [-0.25, -0.2) is 0 Å². The third-order valence-corrected chi connectivity index (χ3v) is 4.78. The van der Waals surface area contributed by atoms with E-state index in [2.05, 4.69) is 71.9 Å². The fourth-order valence-corrected chi connectivity index (χ4v) is 3.76. The Bertz CT molecular complexity index is 692. The van der Waals surface area contributed by atoms with E-state index in [4.69, 9.17) is 12.2 Å². The van der Waals surface area contributed by atoms with E-state index in [1.54, 1.807) is 0 Å². The maximum atomic E-state index is 5.67. The number of pyridine rings is 1. The largest absolute Gasteiger partial charge is 0.352 e. The first-order chi connectivity index (χ1) is 11.5. The molecule has 0 unspecified atom stereocenters. The molecule has 2 aromatic rings. The molecule has 5 heteroatoms. The van der Waals surface area contributed by atoms with Crippen LogP contribution in [0.5, 0.6) is 0 Å². The lowest BCUT2D eigenvalue weighted by atomic mass is 10.0. The van der Waals surface area contributed by atoms with Crippen molar-refractivity contribution in [3.8, 4) is 0 Å². The molecule has 0 aromatic carbocycles. The molecule has 1 N–H and O–H groups in total. The fraction of sp³-hybridized carbons (Fsp3) is 0.474. The summed E-state index contributed by atoms with van der Waals surface area (Å²) in [5, 5.41) is 4.33. The van der Waals surface area contributed by atoms with E-state index in [1.165, 1.54) is 5.69 Å². The average molecular weight is 343 g/mol. The van der Waals surface area contributed by atoms with Gasteiger partial charge in [-0.1, -0.05) is 19.9 Å². The van der Waals surface area contributed by atoms with Gasteiger partial charge in [0.15, 0.2) is 5.11 Å². The van der Waals surface area contributed by atoms with Gasteiger partial charge in [0.25, 0.3) is 0 Å². The molecule has 2 aromatic heterocycles. The van der Waals surface area contributed by atoms with E-state index in [-0.39, 0.29) is 12.1 Å². The van der Waals surface area contributed by atoms with Crippen LogP contribution in [-0.2, 0) is 0 Å². The molecule has 128 valence electrons. The summed E-state index contributed by atoms with van der Waals surface area (Å²) in [4.78, 5) is 6.91. The van der Waals surface area contributed by atoms with Crippen molar-refractivity contribution in [2.75, 3.05) is 6.54 Å². The summed E-state index contributed by atoms with van der Waals surface area (Å²) >= 11 is 5.67. The monoisotopic (exact) mass is 342 g/mol. The third kappa shape index (κ3) is 3.18. The SMILES string of the molecule is CC(C)CN1C(=S)N[C@H](c2ccccn2)[C@@H]1c1cccn1C(C)C. The van der Waals surface area contributed by atoms with Gasteiger partial charge in [-0.2, -0.15) is 0 Å². The Morgan fingerprint density at radius 3 is 2.58 bits per heavy atom. The average Bonchev–Trinajstić information content (AvgIpc) is 3.13. The highest BCUT2D eigenvalue weighted by atomic mass is 32.1. The minimum Gasteiger partial charge on any atom is -0.352 e. The normalized spacial score (nSPS) is 20.9. The zero-order chi connectivity index (χ0) is 17.3. The van der Waals surface area contributed by atoms with E-state index < -0.39 is 0 Å². The number of rotatable bonds is 5. The zero-order valence-electron chi connectivity index (χ0n) is 14.8. The Hall–Kier alpha value is -1.88. The Balaban J connectivity index is 2.05. The summed E-state index contributed by atoms with van der Waals surface area (Å²) in [5.74, 6) is 0.539. The van der Waals surface area contributed by atoms with Crippen LogP contribution < -0.4 is 5.32 Å². The van der Waals surface area contributed by atoms with Gasteiger partial charge >= 0.3 is 0 Å². The van der Waals surface area contributed by atoms with E-state index >= 15 is 0 Å². The Morgan fingerprint density at radius 2 is 1.96 bits per heavy atom. The van der Waals surface area contributed by atoms with E-state index in [1.807, 2.05) is 18.3 Å². The molecule has 3 heterocycles. The van der Waals surface area contributed by atoms with Crippen LogP contribution in [0.4, 0.5) is 0 Å². The summed E-state index contributed by atoms with van der Waals surface area (Å²) in [7, 11) is 0. The summed E-state index contributed by atoms with van der Waals surface area (Å²) in [5.41, 5.74) is 2.32. The first-order valence-electron chi connectivity index (χ1n) is 8.63. The molecule has 1 aliphatic rings. The lowest BCUT2D eigenvalue weighted by Gasteiger charge is -2.30. The fourth-order valence-electron chi connectivity index (χ4n) is 3.45. The number of hydrogen-bond donors (Lipinski definition) is 1. The van der Waals surface area contributed by atoms with Crippen molar-refractivity contribution in [2.24, 2.45) is 5.92 Å². The molecule has 0 spiro atoms. The Labute approximate surface area is 149 Å². The van der Waals surface area contributed by atoms with Crippen molar-refractivity contribution in [2.45, 2.75) is 45.8 Å². The first kappa shape index (κ1) is 17.0. The number of hydrogen-bond acceptors (Lipinski definition) is 2. The van der Waals surface area contributed by atoms with Crippen molar-refractivity contribution in [1.29, 1.82) is 0 Å². The lowest BCUT2D eigenvalue weighted by Crippen LogP contribution is -2.33. The molecule has 0 amide bonds. The van der Waals surface area contributed by atoms with Crippen LogP contribution in [0.1, 0.15) is 57.2 Å². The standard InChI is InChI=1S/C19H26N4S/c1-13(2)12-23-18(16-9-7-11-22(16)14(3)4)17(21-19(23)24)15-8-5-6-10-20-15/h5-11,13-14,17-18H,12H2,1-4H3,(H,21,24)/t17-,18+/m1/s1. The maximum absolute atomic E-state index is 5.67. The summed E-state index contributed by atoms with van der Waals surface area (Å²) < 4.78 is 2.34. The number of thiocarbonyl (C=S) groups is 1. The number of nitrogens with zero attached hydrogens (tertiary/aromatic N) is 3. The first-order valence-corrected chi connectivity index (χ1v) is 9.04. The highest BCUT2D eigenvalue weighted by molar-refractivity contribution is 7.80. The predicted molar refractivity (Wildman–Crippen MR) is 102 cm³/mol. The van der Waals surface area contributed by atoms with Gasteiger partial charge < -0.3 is 14.8 Å². The predicted octanol–water partition coefficient (Wildman–Crippen LogP) is 4.09. The zero-order valence-corrected chi connectivity index (χ0v) is 15.6. The topological polar surface area (TPSA) is 33.1 Å². The van der Waals surface area contributed by atoms with Crippen molar-refractivity contribution < 1.29 is 0 Å². The molecule has 0 bridgehead atoms. The van der Waals surface area contributed by atoms with Crippen LogP contribution in [0.25, 0.3) is 0 Å². The molecular weight excluding hydrogens is 316 g/mol. The smallest absolute Gasteiger partial charge is 0.170 e. The Kier molecular flexibility index (Phi) is 4.90. The van der Waals surface area contributed by atoms with E-state index in [9.17, 15) is 0 Å². The van der Waals surface area contributed by atoms with Gasteiger partial charge in [0, 0.05) is 30.7 Å². The van der Waals surface area contributed by atoms with Crippen molar-refractivity contribution in [1.82, 2.24) is 19.8 Å². The van der Waals surface area contributed by atoms with Crippen molar-refractivity contribution in [3.63, 3.8) is 0 Å². The van der Waals surface area contributed by atoms with Crippen LogP contribution in [0.15, 0.2) is 42.7 Å². The molecule has 1 saturated heterocycles.